The third-order valence-electron chi connectivity index (χ3n) is 3.45. The number of carbonyl (C=O) groups excluding carboxylic acids is 1. The average Bonchev–Trinajstić information content (AvgIpc) is 2.65. The molecule has 0 bridgehead atoms. The summed E-state index contributed by atoms with van der Waals surface area (Å²) in [5.41, 5.74) is 0. The van der Waals surface area contributed by atoms with Crippen LogP contribution in [0.4, 0.5) is 0 Å². The predicted molar refractivity (Wildman–Crippen MR) is 117 cm³/mol. The molecule has 27 heavy (non-hydrogen) atoms. The number of carbonyl (C=O) groups is 1. The molecule has 2 N–H and O–H groups in total. The Morgan fingerprint density at radius 2 is 1.78 bits per heavy atom. The van der Waals surface area contributed by atoms with Crippen molar-refractivity contribution in [3.63, 3.8) is 0 Å². The summed E-state index contributed by atoms with van der Waals surface area (Å²) in [6.07, 6.45) is 0. The zero-order valence-corrected chi connectivity index (χ0v) is 18.8. The van der Waals surface area contributed by atoms with E-state index in [1.807, 2.05) is 43.1 Å². The number of hydrogen-bond acceptors (Lipinski definition) is 5. The number of halogens is 1. The van der Waals surface area contributed by atoms with Gasteiger partial charge in [-0.05, 0) is 31.2 Å². The van der Waals surface area contributed by atoms with Crippen molar-refractivity contribution in [3.8, 4) is 11.5 Å². The molecule has 9 heteroatoms. The first kappa shape index (κ1) is 25.2. The van der Waals surface area contributed by atoms with Crippen LogP contribution in [-0.2, 0) is 9.53 Å². The summed E-state index contributed by atoms with van der Waals surface area (Å²) in [4.78, 5) is 18.0. The fourth-order valence-electron chi connectivity index (χ4n) is 2.04. The fourth-order valence-corrected chi connectivity index (χ4v) is 2.04. The van der Waals surface area contributed by atoms with Crippen LogP contribution < -0.4 is 20.1 Å². The SMILES string of the molecule is CCNC(=NCC(=O)NCCOC)N(C)CCOc1ccc(OC)cc1.I. The number of guanidine groups is 1. The highest BCUT2D eigenvalue weighted by Gasteiger charge is 2.07. The highest BCUT2D eigenvalue weighted by Crippen LogP contribution is 2.16. The van der Waals surface area contributed by atoms with Crippen LogP contribution in [0.5, 0.6) is 11.5 Å². The molecule has 0 aliphatic carbocycles. The van der Waals surface area contributed by atoms with Gasteiger partial charge in [-0.1, -0.05) is 0 Å². The van der Waals surface area contributed by atoms with Gasteiger partial charge in [-0.25, -0.2) is 4.99 Å². The number of amides is 1. The standard InChI is InChI=1S/C18H30N4O4.HI/c1-5-19-18(21-14-17(23)20-10-12-24-3)22(2)11-13-26-16-8-6-15(25-4)7-9-16;/h6-9H,5,10-14H2,1-4H3,(H,19,21)(H,20,23);1H. The number of likely N-dealkylation sites (N-methyl/N-ethyl adjacent to an activating group) is 1. The molecule has 0 spiro atoms. The van der Waals surface area contributed by atoms with E-state index in [1.165, 1.54) is 0 Å². The van der Waals surface area contributed by atoms with Crippen LogP contribution in [-0.4, -0.2) is 77.4 Å². The monoisotopic (exact) mass is 494 g/mol. The number of nitrogens with one attached hydrogen (secondary N) is 2. The molecule has 0 unspecified atom stereocenters. The second kappa shape index (κ2) is 15.3. The number of benzene rings is 1. The summed E-state index contributed by atoms with van der Waals surface area (Å²) in [5, 5.41) is 5.91. The van der Waals surface area contributed by atoms with E-state index in [-0.39, 0.29) is 36.4 Å². The predicted octanol–water partition coefficient (Wildman–Crippen LogP) is 1.35. The fraction of sp³-hybridized carbons (Fsp3) is 0.556. The van der Waals surface area contributed by atoms with E-state index < -0.39 is 0 Å². The van der Waals surface area contributed by atoms with Crippen LogP contribution in [0.15, 0.2) is 29.3 Å². The van der Waals surface area contributed by atoms with Crippen LogP contribution in [0.25, 0.3) is 0 Å². The van der Waals surface area contributed by atoms with Gasteiger partial charge in [0.1, 0.15) is 24.7 Å². The maximum atomic E-state index is 11.7. The smallest absolute Gasteiger partial charge is 0.241 e. The largest absolute Gasteiger partial charge is 0.497 e. The van der Waals surface area contributed by atoms with Crippen molar-refractivity contribution in [1.29, 1.82) is 0 Å². The summed E-state index contributed by atoms with van der Waals surface area (Å²) in [7, 11) is 5.13. The Labute approximate surface area is 178 Å². The number of rotatable bonds is 11. The topological polar surface area (TPSA) is 84.4 Å². The molecule has 0 atom stereocenters. The van der Waals surface area contributed by atoms with Crippen molar-refractivity contribution in [2.75, 3.05) is 60.7 Å². The van der Waals surface area contributed by atoms with Gasteiger partial charge in [0.15, 0.2) is 5.96 Å². The minimum absolute atomic E-state index is 0. The van der Waals surface area contributed by atoms with Gasteiger partial charge in [-0.2, -0.15) is 0 Å². The Morgan fingerprint density at radius 3 is 2.37 bits per heavy atom. The third-order valence-corrected chi connectivity index (χ3v) is 3.45. The molecular formula is C18H31IN4O4. The average molecular weight is 494 g/mol. The first-order chi connectivity index (χ1) is 12.6. The maximum absolute atomic E-state index is 11.7. The molecule has 0 radical (unpaired) electrons. The van der Waals surface area contributed by atoms with E-state index in [0.29, 0.717) is 38.8 Å². The second-order valence-electron chi connectivity index (χ2n) is 5.46. The van der Waals surface area contributed by atoms with Crippen LogP contribution >= 0.6 is 24.0 Å². The van der Waals surface area contributed by atoms with E-state index in [2.05, 4.69) is 15.6 Å². The molecular weight excluding hydrogens is 463 g/mol. The molecule has 0 aliphatic heterocycles. The first-order valence-corrected chi connectivity index (χ1v) is 8.62. The molecule has 1 aromatic carbocycles. The Hall–Kier alpha value is -1.75. The van der Waals surface area contributed by atoms with Crippen molar-refractivity contribution in [1.82, 2.24) is 15.5 Å². The summed E-state index contributed by atoms with van der Waals surface area (Å²) in [6, 6.07) is 7.44. The lowest BCUT2D eigenvalue weighted by molar-refractivity contribution is -0.119. The van der Waals surface area contributed by atoms with Crippen LogP contribution in [0.3, 0.4) is 0 Å². The van der Waals surface area contributed by atoms with Gasteiger partial charge in [0, 0.05) is 27.2 Å². The number of aliphatic imine (C=N–C) groups is 1. The molecule has 0 saturated heterocycles. The van der Waals surface area contributed by atoms with Crippen molar-refractivity contribution in [3.05, 3.63) is 24.3 Å². The van der Waals surface area contributed by atoms with E-state index >= 15 is 0 Å². The van der Waals surface area contributed by atoms with Crippen molar-refractivity contribution in [2.24, 2.45) is 4.99 Å². The number of hydrogen-bond donors (Lipinski definition) is 2. The van der Waals surface area contributed by atoms with Gasteiger partial charge in [0.05, 0.1) is 20.3 Å². The van der Waals surface area contributed by atoms with Gasteiger partial charge in [0.2, 0.25) is 5.91 Å². The molecule has 0 aromatic heterocycles. The molecule has 0 heterocycles. The highest BCUT2D eigenvalue weighted by molar-refractivity contribution is 14.0. The van der Waals surface area contributed by atoms with Gasteiger partial charge >= 0.3 is 0 Å². The summed E-state index contributed by atoms with van der Waals surface area (Å²) < 4.78 is 15.7. The van der Waals surface area contributed by atoms with E-state index in [4.69, 9.17) is 14.2 Å². The van der Waals surface area contributed by atoms with Crippen LogP contribution in [0, 0.1) is 0 Å². The molecule has 0 saturated carbocycles. The highest BCUT2D eigenvalue weighted by atomic mass is 127. The van der Waals surface area contributed by atoms with Gasteiger partial charge in [0.25, 0.3) is 0 Å². The van der Waals surface area contributed by atoms with Crippen molar-refractivity contribution in [2.45, 2.75) is 6.92 Å². The van der Waals surface area contributed by atoms with Crippen LogP contribution in [0.1, 0.15) is 6.92 Å². The van der Waals surface area contributed by atoms with Gasteiger partial charge < -0.3 is 29.7 Å². The zero-order chi connectivity index (χ0) is 19.2. The second-order valence-corrected chi connectivity index (χ2v) is 5.46. The Morgan fingerprint density at radius 1 is 1.11 bits per heavy atom. The Balaban J connectivity index is 0.00000676. The lowest BCUT2D eigenvalue weighted by Crippen LogP contribution is -2.41. The van der Waals surface area contributed by atoms with E-state index in [9.17, 15) is 4.79 Å². The zero-order valence-electron chi connectivity index (χ0n) is 16.5. The molecule has 154 valence electrons. The number of ether oxygens (including phenoxy) is 3. The normalized spacial score (nSPS) is 10.6. The summed E-state index contributed by atoms with van der Waals surface area (Å²) in [6.45, 7) is 4.85. The Kier molecular flexibility index (Phi) is 14.3. The molecule has 0 aliphatic rings. The van der Waals surface area contributed by atoms with E-state index in [0.717, 1.165) is 11.5 Å². The Bertz CT molecular complexity index is 555. The third kappa shape index (κ3) is 10.9. The van der Waals surface area contributed by atoms with Crippen LogP contribution in [0.2, 0.25) is 0 Å². The summed E-state index contributed by atoms with van der Waals surface area (Å²) >= 11 is 0. The molecule has 8 nitrogen and oxygen atoms in total. The number of nitrogens with zero attached hydrogens (tertiary/aromatic N) is 2. The lowest BCUT2D eigenvalue weighted by atomic mass is 10.3. The van der Waals surface area contributed by atoms with Crippen molar-refractivity contribution < 1.29 is 19.0 Å². The molecule has 1 aromatic rings. The quantitative estimate of drug-likeness (QED) is 0.209. The summed E-state index contributed by atoms with van der Waals surface area (Å²) in [5.74, 6) is 2.09. The van der Waals surface area contributed by atoms with Crippen molar-refractivity contribution >= 4 is 35.8 Å². The number of methoxy groups -OCH3 is 2. The van der Waals surface area contributed by atoms with Gasteiger partial charge in [-0.15, -0.1) is 24.0 Å². The maximum Gasteiger partial charge on any atom is 0.241 e. The van der Waals surface area contributed by atoms with Gasteiger partial charge in [-0.3, -0.25) is 4.79 Å². The molecule has 1 rings (SSSR count). The van der Waals surface area contributed by atoms with E-state index in [1.54, 1.807) is 14.2 Å². The first-order valence-electron chi connectivity index (χ1n) is 8.62. The minimum atomic E-state index is -0.139. The molecule has 0 fully saturated rings. The minimum Gasteiger partial charge on any atom is -0.497 e. The molecule has 1 amide bonds. The lowest BCUT2D eigenvalue weighted by Gasteiger charge is -2.22.